The number of aromatic nitrogens is 1. The van der Waals surface area contributed by atoms with Crippen molar-refractivity contribution in [1.29, 1.82) is 0 Å². The molecule has 1 fully saturated rings. The van der Waals surface area contributed by atoms with E-state index in [4.69, 9.17) is 11.6 Å². The van der Waals surface area contributed by atoms with Crippen LogP contribution in [0, 0.1) is 6.92 Å². The van der Waals surface area contributed by atoms with Crippen LogP contribution in [0.3, 0.4) is 0 Å². The molecule has 1 N–H and O–H groups in total. The van der Waals surface area contributed by atoms with Gasteiger partial charge in [-0.25, -0.2) is 4.98 Å². The molecule has 104 valence electrons. The molecule has 0 amide bonds. The van der Waals surface area contributed by atoms with Crippen LogP contribution in [0.1, 0.15) is 57.7 Å². The van der Waals surface area contributed by atoms with Crippen molar-refractivity contribution in [3.8, 4) is 0 Å². The number of nitrogens with one attached hydrogen (secondary N) is 1. The summed E-state index contributed by atoms with van der Waals surface area (Å²) in [6.45, 7) is 12.2. The quantitative estimate of drug-likeness (QED) is 0.757. The molecule has 0 bridgehead atoms. The molecule has 0 saturated carbocycles. The first-order valence-corrected chi connectivity index (χ1v) is 7.48. The van der Waals surface area contributed by atoms with Crippen molar-refractivity contribution in [3.63, 3.8) is 0 Å². The van der Waals surface area contributed by atoms with Gasteiger partial charge in [0, 0.05) is 5.69 Å². The molecule has 1 saturated heterocycles. The summed E-state index contributed by atoms with van der Waals surface area (Å²) in [5, 5.41) is 3.99. The second-order valence-electron chi connectivity index (χ2n) is 3.89. The third-order valence-electron chi connectivity index (χ3n) is 2.76. The molecule has 0 spiro atoms. The second-order valence-corrected chi connectivity index (χ2v) is 4.28. The summed E-state index contributed by atoms with van der Waals surface area (Å²) in [4.78, 5) is 4.18. The Hall–Kier alpha value is -0.600. The number of rotatable bonds is 1. The maximum absolute atomic E-state index is 5.94. The summed E-state index contributed by atoms with van der Waals surface area (Å²) >= 11 is 5.94. The molecule has 0 atom stereocenters. The Labute approximate surface area is 117 Å². The highest BCUT2D eigenvalue weighted by atomic mass is 35.5. The summed E-state index contributed by atoms with van der Waals surface area (Å²) in [5.74, 6) is 0.662. The van der Waals surface area contributed by atoms with Gasteiger partial charge in [0.15, 0.2) is 0 Å². The highest BCUT2D eigenvalue weighted by Crippen LogP contribution is 2.26. The van der Waals surface area contributed by atoms with Crippen LogP contribution in [0.25, 0.3) is 0 Å². The van der Waals surface area contributed by atoms with Gasteiger partial charge in [0.2, 0.25) is 0 Å². The molecule has 2 nitrogen and oxygen atoms in total. The van der Waals surface area contributed by atoms with Gasteiger partial charge >= 0.3 is 0 Å². The van der Waals surface area contributed by atoms with Crippen LogP contribution in [0.4, 0.5) is 0 Å². The Morgan fingerprint density at radius 2 is 1.67 bits per heavy atom. The SMILES string of the molecule is CC.CC.Cc1cc(C2CCNCC2)cc(Cl)n1. The first-order valence-electron chi connectivity index (χ1n) is 7.10. The Kier molecular flexibility index (Phi) is 9.99. The molecular weight excluding hydrogens is 244 g/mol. The van der Waals surface area contributed by atoms with Gasteiger partial charge in [-0.05, 0) is 56.5 Å². The molecule has 1 aliphatic rings. The zero-order valence-electron chi connectivity index (χ0n) is 12.4. The minimum absolute atomic E-state index is 0.624. The molecule has 1 aliphatic heterocycles. The standard InChI is InChI=1S/C11H15ClN2.2C2H6/c1-8-6-10(7-11(12)14-8)9-2-4-13-5-3-9;2*1-2/h6-7,9,13H,2-5H2,1H3;2*1-2H3. The molecule has 2 rings (SSSR count). The lowest BCUT2D eigenvalue weighted by Gasteiger charge is -2.23. The maximum Gasteiger partial charge on any atom is 0.129 e. The highest BCUT2D eigenvalue weighted by molar-refractivity contribution is 6.29. The van der Waals surface area contributed by atoms with Crippen molar-refractivity contribution in [2.75, 3.05) is 13.1 Å². The van der Waals surface area contributed by atoms with Gasteiger partial charge in [0.05, 0.1) is 0 Å². The van der Waals surface area contributed by atoms with Crippen molar-refractivity contribution in [2.45, 2.75) is 53.4 Å². The molecule has 1 aromatic heterocycles. The Morgan fingerprint density at radius 3 is 2.17 bits per heavy atom. The third-order valence-corrected chi connectivity index (χ3v) is 2.95. The van der Waals surface area contributed by atoms with Crippen molar-refractivity contribution in [2.24, 2.45) is 0 Å². The highest BCUT2D eigenvalue weighted by Gasteiger charge is 2.15. The van der Waals surface area contributed by atoms with Crippen molar-refractivity contribution < 1.29 is 0 Å². The van der Waals surface area contributed by atoms with Crippen LogP contribution in [-0.2, 0) is 0 Å². The summed E-state index contributed by atoms with van der Waals surface area (Å²) in [5.41, 5.74) is 2.37. The number of halogens is 1. The Bertz CT molecular complexity index is 300. The monoisotopic (exact) mass is 270 g/mol. The zero-order valence-corrected chi connectivity index (χ0v) is 13.1. The van der Waals surface area contributed by atoms with Gasteiger partial charge < -0.3 is 5.32 Å². The molecule has 1 aromatic rings. The first-order chi connectivity index (χ1) is 8.75. The average Bonchev–Trinajstić information content (AvgIpc) is 2.43. The fourth-order valence-corrected chi connectivity index (χ4v) is 2.30. The molecule has 0 aromatic carbocycles. The molecular formula is C15H27ClN2. The van der Waals surface area contributed by atoms with E-state index in [-0.39, 0.29) is 0 Å². The number of aryl methyl sites for hydroxylation is 1. The molecule has 0 unspecified atom stereocenters. The van der Waals surface area contributed by atoms with Crippen molar-refractivity contribution >= 4 is 11.6 Å². The van der Waals surface area contributed by atoms with E-state index < -0.39 is 0 Å². The summed E-state index contributed by atoms with van der Waals surface area (Å²) in [7, 11) is 0. The van der Waals surface area contributed by atoms with E-state index in [2.05, 4.69) is 16.4 Å². The lowest BCUT2D eigenvalue weighted by Crippen LogP contribution is -2.26. The van der Waals surface area contributed by atoms with E-state index in [1.165, 1.54) is 18.4 Å². The molecule has 3 heteroatoms. The lowest BCUT2D eigenvalue weighted by molar-refractivity contribution is 0.460. The fourth-order valence-electron chi connectivity index (χ4n) is 2.04. The first kappa shape index (κ1) is 17.4. The molecule has 0 radical (unpaired) electrons. The van der Waals surface area contributed by atoms with E-state index >= 15 is 0 Å². The number of pyridine rings is 1. The van der Waals surface area contributed by atoms with Crippen molar-refractivity contribution in [3.05, 3.63) is 28.5 Å². The predicted molar refractivity (Wildman–Crippen MR) is 81.5 cm³/mol. The number of nitrogens with zero attached hydrogens (tertiary/aromatic N) is 1. The average molecular weight is 271 g/mol. The normalized spacial score (nSPS) is 15.0. The van der Waals surface area contributed by atoms with Crippen LogP contribution in [0.15, 0.2) is 12.1 Å². The van der Waals surface area contributed by atoms with Gasteiger partial charge in [-0.2, -0.15) is 0 Å². The van der Waals surface area contributed by atoms with Crippen LogP contribution >= 0.6 is 11.6 Å². The Balaban J connectivity index is 0.000000659. The zero-order chi connectivity index (χ0) is 14.0. The number of hydrogen-bond donors (Lipinski definition) is 1. The minimum atomic E-state index is 0.624. The minimum Gasteiger partial charge on any atom is -0.317 e. The van der Waals surface area contributed by atoms with Gasteiger partial charge in [-0.3, -0.25) is 0 Å². The second kappa shape index (κ2) is 10.3. The van der Waals surface area contributed by atoms with E-state index in [0.29, 0.717) is 11.1 Å². The van der Waals surface area contributed by atoms with Crippen LogP contribution in [-0.4, -0.2) is 18.1 Å². The third kappa shape index (κ3) is 5.83. The predicted octanol–water partition coefficient (Wildman–Crippen LogP) is 4.56. The van der Waals surface area contributed by atoms with Crippen LogP contribution in [0.2, 0.25) is 5.15 Å². The van der Waals surface area contributed by atoms with E-state index in [1.807, 2.05) is 40.7 Å². The van der Waals surface area contributed by atoms with Gasteiger partial charge in [0.1, 0.15) is 5.15 Å². The van der Waals surface area contributed by atoms with Crippen LogP contribution in [0.5, 0.6) is 0 Å². The van der Waals surface area contributed by atoms with Crippen LogP contribution < -0.4 is 5.32 Å². The van der Waals surface area contributed by atoms with Gasteiger partial charge in [0.25, 0.3) is 0 Å². The van der Waals surface area contributed by atoms with E-state index in [1.54, 1.807) is 0 Å². The number of hydrogen-bond acceptors (Lipinski definition) is 2. The van der Waals surface area contributed by atoms with E-state index in [9.17, 15) is 0 Å². The topological polar surface area (TPSA) is 24.9 Å². The van der Waals surface area contributed by atoms with E-state index in [0.717, 1.165) is 18.8 Å². The lowest BCUT2D eigenvalue weighted by atomic mass is 9.90. The summed E-state index contributed by atoms with van der Waals surface area (Å²) in [6.07, 6.45) is 2.42. The van der Waals surface area contributed by atoms with Gasteiger partial charge in [-0.1, -0.05) is 39.3 Å². The smallest absolute Gasteiger partial charge is 0.129 e. The van der Waals surface area contributed by atoms with Gasteiger partial charge in [-0.15, -0.1) is 0 Å². The largest absolute Gasteiger partial charge is 0.317 e. The molecule has 0 aliphatic carbocycles. The summed E-state index contributed by atoms with van der Waals surface area (Å²) in [6, 6.07) is 4.16. The maximum atomic E-state index is 5.94. The summed E-state index contributed by atoms with van der Waals surface area (Å²) < 4.78 is 0. The number of piperidine rings is 1. The Morgan fingerprint density at radius 1 is 1.11 bits per heavy atom. The molecule has 18 heavy (non-hydrogen) atoms. The fraction of sp³-hybridized carbons (Fsp3) is 0.667. The van der Waals surface area contributed by atoms with Crippen molar-refractivity contribution in [1.82, 2.24) is 10.3 Å². The molecule has 2 heterocycles.